The van der Waals surface area contributed by atoms with Crippen LogP contribution in [0.5, 0.6) is 0 Å². The molecule has 0 aromatic heterocycles. The Morgan fingerprint density at radius 2 is 2.05 bits per heavy atom. The van der Waals surface area contributed by atoms with Crippen LogP contribution in [0, 0.1) is 6.92 Å². The van der Waals surface area contributed by atoms with Crippen molar-refractivity contribution in [3.8, 4) is 0 Å². The number of piperidine rings is 1. The van der Waals surface area contributed by atoms with Gasteiger partial charge in [-0.05, 0) is 38.4 Å². The molecule has 1 aliphatic heterocycles. The maximum absolute atomic E-state index is 12.1. The van der Waals surface area contributed by atoms with Crippen LogP contribution in [0.3, 0.4) is 0 Å². The van der Waals surface area contributed by atoms with E-state index in [1.54, 1.807) is 12.1 Å². The molecule has 1 aliphatic rings. The lowest BCUT2D eigenvalue weighted by Gasteiger charge is -2.22. The molecule has 1 atom stereocenters. The van der Waals surface area contributed by atoms with E-state index in [4.69, 9.17) is 0 Å². The van der Waals surface area contributed by atoms with E-state index in [0.717, 1.165) is 18.5 Å². The van der Waals surface area contributed by atoms with E-state index >= 15 is 0 Å². The molecule has 2 rings (SSSR count). The van der Waals surface area contributed by atoms with Crippen molar-refractivity contribution >= 4 is 21.4 Å². The molecule has 0 spiro atoms. The van der Waals surface area contributed by atoms with E-state index in [0.29, 0.717) is 18.7 Å². The number of nitrogens with one attached hydrogen (secondary N) is 2. The molecule has 0 bridgehead atoms. The van der Waals surface area contributed by atoms with E-state index in [1.807, 2.05) is 19.1 Å². The molecule has 1 saturated heterocycles. The molecule has 0 aliphatic carbocycles. The second-order valence-corrected chi connectivity index (χ2v) is 7.47. The van der Waals surface area contributed by atoms with Gasteiger partial charge in [-0.15, -0.1) is 0 Å². The van der Waals surface area contributed by atoms with Gasteiger partial charge in [0, 0.05) is 12.2 Å². The third-order valence-electron chi connectivity index (χ3n) is 3.43. The van der Waals surface area contributed by atoms with Gasteiger partial charge in [-0.2, -0.15) is 0 Å². The number of hydrogen-bond donors (Lipinski definition) is 2. The zero-order chi connectivity index (χ0) is 14.6. The van der Waals surface area contributed by atoms with Crippen LogP contribution in [0.15, 0.2) is 24.3 Å². The fourth-order valence-electron chi connectivity index (χ4n) is 2.26. The summed E-state index contributed by atoms with van der Waals surface area (Å²) < 4.78 is 24.3. The Balaban J connectivity index is 1.94. The summed E-state index contributed by atoms with van der Waals surface area (Å²) in [6, 6.07) is 7.27. The Morgan fingerprint density at radius 3 is 2.65 bits per heavy atom. The number of anilines is 1. The molecule has 5 nitrogen and oxygen atoms in total. The average molecular weight is 296 g/mol. The topological polar surface area (TPSA) is 75.3 Å². The Bertz CT molecular complexity index is 561. The normalized spacial score (nSPS) is 19.6. The molecule has 2 N–H and O–H groups in total. The minimum Gasteiger partial charge on any atom is -0.325 e. The minimum absolute atomic E-state index is 0.444. The number of carbonyl (C=O) groups is 1. The fraction of sp³-hybridized carbons (Fsp3) is 0.500. The second-order valence-electron chi connectivity index (χ2n) is 5.19. The first-order valence-corrected chi connectivity index (χ1v) is 8.48. The summed E-state index contributed by atoms with van der Waals surface area (Å²) in [5, 5.41) is 5.24. The first-order valence-electron chi connectivity index (χ1n) is 6.76. The van der Waals surface area contributed by atoms with Crippen LogP contribution in [-0.4, -0.2) is 38.4 Å². The largest absolute Gasteiger partial charge is 0.325 e. The molecule has 0 radical (unpaired) electrons. The summed E-state index contributed by atoms with van der Waals surface area (Å²) in [4.78, 5) is 11.8. The maximum Gasteiger partial charge on any atom is 0.239 e. The standard InChI is InChI=1S/C14H20N2O3S/c1-11-4-6-12(7-5-11)16-14(17)10-20(18,19)13-3-2-8-15-9-13/h4-7,13,15H,2-3,8-10H2,1H3,(H,16,17). The van der Waals surface area contributed by atoms with E-state index in [2.05, 4.69) is 10.6 Å². The van der Waals surface area contributed by atoms with Crippen LogP contribution in [0.25, 0.3) is 0 Å². The molecule has 1 aromatic rings. The zero-order valence-electron chi connectivity index (χ0n) is 11.6. The highest BCUT2D eigenvalue weighted by Gasteiger charge is 2.29. The Labute approximate surface area is 119 Å². The number of hydrogen-bond acceptors (Lipinski definition) is 4. The molecule has 1 amide bonds. The second kappa shape index (κ2) is 6.37. The summed E-state index contributed by atoms with van der Waals surface area (Å²) >= 11 is 0. The van der Waals surface area contributed by atoms with Gasteiger partial charge < -0.3 is 10.6 Å². The predicted molar refractivity (Wildman–Crippen MR) is 79.5 cm³/mol. The van der Waals surface area contributed by atoms with Gasteiger partial charge in [0.15, 0.2) is 9.84 Å². The molecular formula is C14H20N2O3S. The molecule has 1 unspecified atom stereocenters. The number of amides is 1. The van der Waals surface area contributed by atoms with E-state index in [1.165, 1.54) is 0 Å². The summed E-state index contributed by atoms with van der Waals surface area (Å²) in [6.45, 7) is 3.24. The number of carbonyl (C=O) groups excluding carboxylic acids is 1. The van der Waals surface area contributed by atoms with E-state index in [-0.39, 0.29) is 0 Å². The number of aryl methyl sites for hydroxylation is 1. The van der Waals surface area contributed by atoms with Crippen LogP contribution in [0.1, 0.15) is 18.4 Å². The first kappa shape index (κ1) is 15.0. The third kappa shape index (κ3) is 4.05. The quantitative estimate of drug-likeness (QED) is 0.872. The molecule has 1 fully saturated rings. The lowest BCUT2D eigenvalue weighted by molar-refractivity contribution is -0.113. The predicted octanol–water partition coefficient (Wildman–Crippen LogP) is 1.10. The van der Waals surface area contributed by atoms with Gasteiger partial charge in [0.25, 0.3) is 0 Å². The summed E-state index contributed by atoms with van der Waals surface area (Å²) in [5.74, 6) is -0.924. The molecule has 0 saturated carbocycles. The molecule has 110 valence electrons. The van der Waals surface area contributed by atoms with Crippen molar-refractivity contribution in [1.29, 1.82) is 0 Å². The van der Waals surface area contributed by atoms with Crippen molar-refractivity contribution in [3.63, 3.8) is 0 Å². The zero-order valence-corrected chi connectivity index (χ0v) is 12.4. The van der Waals surface area contributed by atoms with Crippen LogP contribution in [0.2, 0.25) is 0 Å². The lowest BCUT2D eigenvalue weighted by atomic mass is 10.2. The summed E-state index contributed by atoms with van der Waals surface area (Å²) in [6.07, 6.45) is 1.47. The number of sulfone groups is 1. The van der Waals surface area contributed by atoms with Gasteiger partial charge in [-0.3, -0.25) is 4.79 Å². The monoisotopic (exact) mass is 296 g/mol. The molecular weight excluding hydrogens is 276 g/mol. The minimum atomic E-state index is -3.39. The molecule has 6 heteroatoms. The highest BCUT2D eigenvalue weighted by atomic mass is 32.2. The number of benzene rings is 1. The molecule has 1 aromatic carbocycles. The highest BCUT2D eigenvalue weighted by molar-refractivity contribution is 7.92. The first-order chi connectivity index (χ1) is 9.47. The van der Waals surface area contributed by atoms with Gasteiger partial charge in [-0.25, -0.2) is 8.42 Å². The summed E-state index contributed by atoms with van der Waals surface area (Å²) in [5.41, 5.74) is 1.71. The van der Waals surface area contributed by atoms with Crippen LogP contribution in [-0.2, 0) is 14.6 Å². The van der Waals surface area contributed by atoms with Crippen molar-refractivity contribution in [2.75, 3.05) is 24.2 Å². The van der Waals surface area contributed by atoms with Gasteiger partial charge >= 0.3 is 0 Å². The Kier molecular flexibility index (Phi) is 4.77. The smallest absolute Gasteiger partial charge is 0.239 e. The third-order valence-corrected chi connectivity index (χ3v) is 5.51. The summed E-state index contributed by atoms with van der Waals surface area (Å²) in [7, 11) is -3.39. The van der Waals surface area contributed by atoms with Crippen molar-refractivity contribution in [3.05, 3.63) is 29.8 Å². The Morgan fingerprint density at radius 1 is 1.35 bits per heavy atom. The number of rotatable bonds is 4. The van der Waals surface area contributed by atoms with Crippen LogP contribution in [0.4, 0.5) is 5.69 Å². The van der Waals surface area contributed by atoms with E-state index in [9.17, 15) is 13.2 Å². The lowest BCUT2D eigenvalue weighted by Crippen LogP contribution is -2.41. The van der Waals surface area contributed by atoms with E-state index < -0.39 is 26.7 Å². The van der Waals surface area contributed by atoms with Crippen molar-refractivity contribution in [2.24, 2.45) is 0 Å². The van der Waals surface area contributed by atoms with Gasteiger partial charge in [0.05, 0.1) is 5.25 Å². The van der Waals surface area contributed by atoms with Crippen LogP contribution < -0.4 is 10.6 Å². The van der Waals surface area contributed by atoms with Crippen molar-refractivity contribution in [2.45, 2.75) is 25.0 Å². The highest BCUT2D eigenvalue weighted by Crippen LogP contribution is 2.14. The average Bonchev–Trinajstić information content (AvgIpc) is 2.42. The maximum atomic E-state index is 12.1. The van der Waals surface area contributed by atoms with Gasteiger partial charge in [-0.1, -0.05) is 17.7 Å². The van der Waals surface area contributed by atoms with Crippen LogP contribution >= 0.6 is 0 Å². The van der Waals surface area contributed by atoms with Gasteiger partial charge in [0.2, 0.25) is 5.91 Å². The van der Waals surface area contributed by atoms with Gasteiger partial charge in [0.1, 0.15) is 5.75 Å². The SMILES string of the molecule is Cc1ccc(NC(=O)CS(=O)(=O)C2CCCNC2)cc1. The molecule has 20 heavy (non-hydrogen) atoms. The molecule has 1 heterocycles. The van der Waals surface area contributed by atoms with Crippen molar-refractivity contribution < 1.29 is 13.2 Å². The van der Waals surface area contributed by atoms with Crippen molar-refractivity contribution in [1.82, 2.24) is 5.32 Å². The fourth-order valence-corrected chi connectivity index (χ4v) is 3.83. The Hall–Kier alpha value is -1.40.